The van der Waals surface area contributed by atoms with Gasteiger partial charge in [0.15, 0.2) is 0 Å². The maximum absolute atomic E-state index is 11.3. The van der Waals surface area contributed by atoms with Crippen molar-refractivity contribution in [3.05, 3.63) is 24.2 Å². The number of carbonyl (C=O) groups excluding carboxylic acids is 1. The second kappa shape index (κ2) is 3.56. The zero-order valence-electron chi connectivity index (χ0n) is 7.83. The van der Waals surface area contributed by atoms with Crippen molar-refractivity contribution in [1.29, 1.82) is 0 Å². The molecule has 76 valence electrons. The summed E-state index contributed by atoms with van der Waals surface area (Å²) >= 11 is 2.29. The number of alkyl halides is 1. The minimum absolute atomic E-state index is 0.0957. The number of carbonyl (C=O) groups is 1. The van der Waals surface area contributed by atoms with E-state index in [2.05, 4.69) is 29.5 Å². The van der Waals surface area contributed by atoms with Crippen LogP contribution in [0, 0.1) is 5.41 Å². The van der Waals surface area contributed by atoms with Crippen LogP contribution in [0.5, 0.6) is 0 Å². The third-order valence-electron chi connectivity index (χ3n) is 2.58. The highest BCUT2D eigenvalue weighted by Crippen LogP contribution is 2.46. The van der Waals surface area contributed by atoms with Crippen molar-refractivity contribution < 1.29 is 13.9 Å². The van der Waals surface area contributed by atoms with Gasteiger partial charge in [0.1, 0.15) is 6.10 Å². The highest BCUT2D eigenvalue weighted by Gasteiger charge is 2.45. The average molecular weight is 306 g/mol. The van der Waals surface area contributed by atoms with Crippen LogP contribution in [0.15, 0.2) is 23.0 Å². The Morgan fingerprint density at radius 3 is 3.07 bits per heavy atom. The van der Waals surface area contributed by atoms with Crippen molar-refractivity contribution in [3.8, 4) is 0 Å². The first-order valence-corrected chi connectivity index (χ1v) is 5.96. The van der Waals surface area contributed by atoms with Crippen LogP contribution in [0.4, 0.5) is 0 Å². The van der Waals surface area contributed by atoms with Crippen molar-refractivity contribution in [3.63, 3.8) is 0 Å². The molecule has 0 bridgehead atoms. The Labute approximate surface area is 95.9 Å². The number of cyclic esters (lactones) is 1. The number of rotatable bonds is 2. The molecule has 1 unspecified atom stereocenters. The fourth-order valence-corrected chi connectivity index (χ4v) is 2.42. The third-order valence-corrected chi connectivity index (χ3v) is 4.32. The van der Waals surface area contributed by atoms with E-state index in [0.29, 0.717) is 6.42 Å². The number of esters is 1. The average Bonchev–Trinajstić information content (AvgIpc) is 2.73. The zero-order valence-corrected chi connectivity index (χ0v) is 9.98. The Bertz CT molecular complexity index is 333. The monoisotopic (exact) mass is 306 g/mol. The molecule has 1 fully saturated rings. The lowest BCUT2D eigenvalue weighted by Gasteiger charge is -2.25. The summed E-state index contributed by atoms with van der Waals surface area (Å²) in [6.45, 7) is 2.07. The lowest BCUT2D eigenvalue weighted by molar-refractivity contribution is -0.142. The van der Waals surface area contributed by atoms with Gasteiger partial charge >= 0.3 is 5.97 Å². The molecule has 1 aromatic rings. The highest BCUT2D eigenvalue weighted by molar-refractivity contribution is 14.1. The van der Waals surface area contributed by atoms with Crippen molar-refractivity contribution >= 4 is 28.6 Å². The molecule has 0 aliphatic carbocycles. The van der Waals surface area contributed by atoms with E-state index in [4.69, 9.17) is 9.15 Å². The van der Waals surface area contributed by atoms with Gasteiger partial charge in [0.2, 0.25) is 0 Å². The summed E-state index contributed by atoms with van der Waals surface area (Å²) in [5.74, 6) is -0.115. The van der Waals surface area contributed by atoms with Gasteiger partial charge in [0.05, 0.1) is 18.9 Å². The number of hydrogen-bond donors (Lipinski definition) is 0. The molecule has 4 heteroatoms. The highest BCUT2D eigenvalue weighted by atomic mass is 127. The molecule has 1 aliphatic rings. The molecule has 2 rings (SSSR count). The Morgan fingerprint density at radius 2 is 2.50 bits per heavy atom. The Hall–Kier alpha value is -0.520. The first kappa shape index (κ1) is 10.0. The van der Waals surface area contributed by atoms with Gasteiger partial charge in [-0.1, -0.05) is 29.5 Å². The summed E-state index contributed by atoms with van der Waals surface area (Å²) in [6.07, 6.45) is 3.60. The molecule has 0 amide bonds. The molecule has 0 spiro atoms. The van der Waals surface area contributed by atoms with Gasteiger partial charge in [-0.3, -0.25) is 4.79 Å². The maximum atomic E-state index is 11.3. The van der Waals surface area contributed by atoms with Crippen LogP contribution in [0.2, 0.25) is 0 Å². The standard InChI is InChI=1S/C10H11IO3/c1-10(6-11)4-8(12)14-9(10)7-2-3-13-5-7/h2-3,5,9H,4,6H2,1H3/t9-,10?/m0/s1. The molecule has 0 saturated carbocycles. The summed E-state index contributed by atoms with van der Waals surface area (Å²) in [6, 6.07) is 1.85. The molecular weight excluding hydrogens is 295 g/mol. The summed E-state index contributed by atoms with van der Waals surface area (Å²) in [7, 11) is 0. The molecule has 3 nitrogen and oxygen atoms in total. The quantitative estimate of drug-likeness (QED) is 0.479. The molecule has 14 heavy (non-hydrogen) atoms. The first-order valence-electron chi connectivity index (χ1n) is 4.43. The molecule has 1 saturated heterocycles. The summed E-state index contributed by atoms with van der Waals surface area (Å²) in [5.41, 5.74) is 0.858. The number of furan rings is 1. The van der Waals surface area contributed by atoms with E-state index < -0.39 is 0 Å². The third kappa shape index (κ3) is 1.55. The second-order valence-corrected chi connectivity index (χ2v) is 4.65. The van der Waals surface area contributed by atoms with Gasteiger partial charge in [-0.25, -0.2) is 0 Å². The Kier molecular flexibility index (Phi) is 2.55. The van der Waals surface area contributed by atoms with Crippen LogP contribution < -0.4 is 0 Å². The van der Waals surface area contributed by atoms with E-state index in [1.54, 1.807) is 12.5 Å². The molecule has 0 radical (unpaired) electrons. The minimum atomic E-state index is -0.148. The van der Waals surface area contributed by atoms with Gasteiger partial charge in [-0.2, -0.15) is 0 Å². The van der Waals surface area contributed by atoms with E-state index in [-0.39, 0.29) is 17.5 Å². The van der Waals surface area contributed by atoms with Crippen LogP contribution in [-0.4, -0.2) is 10.4 Å². The van der Waals surface area contributed by atoms with Gasteiger partial charge in [-0.15, -0.1) is 0 Å². The fraction of sp³-hybridized carbons (Fsp3) is 0.500. The van der Waals surface area contributed by atoms with Crippen molar-refractivity contribution in [2.75, 3.05) is 4.43 Å². The minimum Gasteiger partial charge on any atom is -0.472 e. The molecule has 0 N–H and O–H groups in total. The van der Waals surface area contributed by atoms with Gasteiger partial charge < -0.3 is 9.15 Å². The number of hydrogen-bond acceptors (Lipinski definition) is 3. The van der Waals surface area contributed by atoms with Crippen LogP contribution in [0.3, 0.4) is 0 Å². The summed E-state index contributed by atoms with van der Waals surface area (Å²) < 4.78 is 11.2. The van der Waals surface area contributed by atoms with E-state index in [9.17, 15) is 4.79 Å². The molecule has 1 aliphatic heterocycles. The topological polar surface area (TPSA) is 39.4 Å². The molecule has 2 atom stereocenters. The fourth-order valence-electron chi connectivity index (χ4n) is 1.75. The van der Waals surface area contributed by atoms with Crippen molar-refractivity contribution in [2.24, 2.45) is 5.41 Å². The van der Waals surface area contributed by atoms with Crippen LogP contribution in [-0.2, 0) is 9.53 Å². The van der Waals surface area contributed by atoms with Gasteiger partial charge in [0, 0.05) is 15.4 Å². The lowest BCUT2D eigenvalue weighted by atomic mass is 9.83. The zero-order chi connectivity index (χ0) is 10.2. The smallest absolute Gasteiger partial charge is 0.307 e. The largest absolute Gasteiger partial charge is 0.472 e. The SMILES string of the molecule is CC1(CI)CC(=O)O[C@H]1c1ccoc1. The molecular formula is C10H11IO3. The van der Waals surface area contributed by atoms with Crippen LogP contribution in [0.1, 0.15) is 25.0 Å². The van der Waals surface area contributed by atoms with E-state index >= 15 is 0 Å². The number of ether oxygens (including phenoxy) is 1. The van der Waals surface area contributed by atoms with Gasteiger partial charge in [0.25, 0.3) is 0 Å². The Morgan fingerprint density at radius 1 is 1.71 bits per heavy atom. The van der Waals surface area contributed by atoms with E-state index in [0.717, 1.165) is 9.99 Å². The second-order valence-electron chi connectivity index (χ2n) is 3.89. The molecule has 2 heterocycles. The predicted molar refractivity (Wildman–Crippen MR) is 59.2 cm³/mol. The molecule has 1 aromatic heterocycles. The van der Waals surface area contributed by atoms with Crippen LogP contribution in [0.25, 0.3) is 0 Å². The first-order chi connectivity index (χ1) is 6.65. The maximum Gasteiger partial charge on any atom is 0.307 e. The Balaban J connectivity index is 2.30. The lowest BCUT2D eigenvalue weighted by Crippen LogP contribution is -2.22. The van der Waals surface area contributed by atoms with Crippen molar-refractivity contribution in [2.45, 2.75) is 19.4 Å². The van der Waals surface area contributed by atoms with Crippen molar-refractivity contribution in [1.82, 2.24) is 0 Å². The van der Waals surface area contributed by atoms with Crippen LogP contribution >= 0.6 is 22.6 Å². The van der Waals surface area contributed by atoms with E-state index in [1.807, 2.05) is 6.07 Å². The predicted octanol–water partition coefficient (Wildman–Crippen LogP) is 2.71. The summed E-state index contributed by atoms with van der Waals surface area (Å²) in [4.78, 5) is 11.3. The van der Waals surface area contributed by atoms with E-state index in [1.165, 1.54) is 0 Å². The number of halogens is 1. The molecule has 0 aromatic carbocycles. The normalized spacial score (nSPS) is 31.9. The summed E-state index contributed by atoms with van der Waals surface area (Å²) in [5, 5.41) is 0. The van der Waals surface area contributed by atoms with Gasteiger partial charge in [-0.05, 0) is 6.07 Å².